The number of aryl methyl sites for hydroxylation is 1. The number of rotatable bonds is 5. The van der Waals surface area contributed by atoms with E-state index in [1.165, 1.54) is 11.8 Å². The number of amides is 1. The van der Waals surface area contributed by atoms with Gasteiger partial charge in [-0.15, -0.1) is 0 Å². The lowest BCUT2D eigenvalue weighted by Crippen LogP contribution is -2.32. The number of hydrogen-bond acceptors (Lipinski definition) is 3. The number of carbonyl (C=O) groups is 1. The minimum absolute atomic E-state index is 0.230. The average molecular weight is 286 g/mol. The fraction of sp³-hybridized carbons (Fsp3) is 0.353. The summed E-state index contributed by atoms with van der Waals surface area (Å²) in [5, 5.41) is 2.80. The first-order chi connectivity index (χ1) is 9.99. The molecule has 0 radical (unpaired) electrons. The van der Waals surface area contributed by atoms with Crippen LogP contribution in [0.1, 0.15) is 53.1 Å². The van der Waals surface area contributed by atoms with E-state index in [-0.39, 0.29) is 11.9 Å². The predicted octanol–water partition coefficient (Wildman–Crippen LogP) is 3.14. The van der Waals surface area contributed by atoms with E-state index in [2.05, 4.69) is 31.3 Å². The Labute approximate surface area is 125 Å². The van der Waals surface area contributed by atoms with E-state index in [4.69, 9.17) is 10.2 Å². The van der Waals surface area contributed by atoms with Gasteiger partial charge < -0.3 is 15.5 Å². The lowest BCUT2D eigenvalue weighted by molar-refractivity contribution is 0.0922. The molecule has 1 unspecified atom stereocenters. The van der Waals surface area contributed by atoms with Gasteiger partial charge >= 0.3 is 0 Å². The second kappa shape index (κ2) is 6.59. The molecule has 21 heavy (non-hydrogen) atoms. The largest absolute Gasteiger partial charge is 0.459 e. The van der Waals surface area contributed by atoms with Crippen molar-refractivity contribution in [3.05, 3.63) is 59.0 Å². The standard InChI is InChI=1S/C17H22N2O2/c1-11(2)13-4-6-14(7-5-13)15(18)10-19-17(20)16-12(3)8-9-21-16/h4-9,11,15H,10,18H2,1-3H3,(H,19,20). The summed E-state index contributed by atoms with van der Waals surface area (Å²) in [6.07, 6.45) is 1.51. The summed E-state index contributed by atoms with van der Waals surface area (Å²) < 4.78 is 5.15. The number of nitrogens with two attached hydrogens (primary N) is 1. The molecule has 4 nitrogen and oxygen atoms in total. The van der Waals surface area contributed by atoms with E-state index in [1.807, 2.05) is 19.1 Å². The summed E-state index contributed by atoms with van der Waals surface area (Å²) in [6.45, 7) is 6.52. The lowest BCUT2D eigenvalue weighted by atomic mass is 9.99. The zero-order valence-corrected chi connectivity index (χ0v) is 12.7. The highest BCUT2D eigenvalue weighted by molar-refractivity contribution is 5.92. The van der Waals surface area contributed by atoms with Crippen LogP contribution >= 0.6 is 0 Å². The quantitative estimate of drug-likeness (QED) is 0.887. The topological polar surface area (TPSA) is 68.3 Å². The van der Waals surface area contributed by atoms with Crippen LogP contribution in [0.5, 0.6) is 0 Å². The minimum atomic E-state index is -0.231. The minimum Gasteiger partial charge on any atom is -0.459 e. The third-order valence-corrected chi connectivity index (χ3v) is 3.58. The molecule has 1 heterocycles. The molecule has 1 atom stereocenters. The monoisotopic (exact) mass is 286 g/mol. The van der Waals surface area contributed by atoms with Crippen molar-refractivity contribution in [1.82, 2.24) is 5.32 Å². The average Bonchev–Trinajstić information content (AvgIpc) is 2.90. The Morgan fingerprint density at radius 1 is 1.19 bits per heavy atom. The Balaban J connectivity index is 1.94. The molecule has 0 aliphatic carbocycles. The van der Waals surface area contributed by atoms with Crippen molar-refractivity contribution in [3.8, 4) is 0 Å². The highest BCUT2D eigenvalue weighted by atomic mass is 16.3. The molecule has 1 aromatic carbocycles. The van der Waals surface area contributed by atoms with Crippen LogP contribution in [-0.4, -0.2) is 12.5 Å². The summed E-state index contributed by atoms with van der Waals surface area (Å²) in [7, 11) is 0. The second-order valence-corrected chi connectivity index (χ2v) is 5.57. The first kappa shape index (κ1) is 15.3. The number of nitrogens with one attached hydrogen (secondary N) is 1. The van der Waals surface area contributed by atoms with Gasteiger partial charge in [-0.1, -0.05) is 38.1 Å². The van der Waals surface area contributed by atoms with Gasteiger partial charge in [0.2, 0.25) is 0 Å². The van der Waals surface area contributed by atoms with E-state index in [1.54, 1.807) is 6.07 Å². The maximum atomic E-state index is 11.9. The molecule has 0 aliphatic rings. The van der Waals surface area contributed by atoms with Crippen molar-refractivity contribution in [2.24, 2.45) is 5.73 Å². The van der Waals surface area contributed by atoms with Crippen molar-refractivity contribution in [3.63, 3.8) is 0 Å². The molecule has 0 saturated carbocycles. The van der Waals surface area contributed by atoms with Gasteiger partial charge in [-0.25, -0.2) is 0 Å². The van der Waals surface area contributed by atoms with Crippen LogP contribution in [0.25, 0.3) is 0 Å². The fourth-order valence-electron chi connectivity index (χ4n) is 2.13. The van der Waals surface area contributed by atoms with Crippen LogP contribution in [-0.2, 0) is 0 Å². The summed E-state index contributed by atoms with van der Waals surface area (Å²) in [4.78, 5) is 11.9. The zero-order chi connectivity index (χ0) is 15.4. The van der Waals surface area contributed by atoms with Crippen molar-refractivity contribution >= 4 is 5.91 Å². The Kier molecular flexibility index (Phi) is 4.81. The van der Waals surface area contributed by atoms with Crippen LogP contribution in [0.3, 0.4) is 0 Å². The first-order valence-electron chi connectivity index (χ1n) is 7.16. The number of furan rings is 1. The SMILES string of the molecule is Cc1ccoc1C(=O)NCC(N)c1ccc(C(C)C)cc1. The first-order valence-corrected chi connectivity index (χ1v) is 7.16. The number of carbonyl (C=O) groups excluding carboxylic acids is 1. The molecule has 0 saturated heterocycles. The van der Waals surface area contributed by atoms with Gasteiger partial charge in [0.1, 0.15) is 0 Å². The zero-order valence-electron chi connectivity index (χ0n) is 12.7. The molecule has 0 bridgehead atoms. The van der Waals surface area contributed by atoms with Crippen molar-refractivity contribution in [2.45, 2.75) is 32.7 Å². The molecule has 0 aliphatic heterocycles. The van der Waals surface area contributed by atoms with Gasteiger partial charge in [0.05, 0.1) is 6.26 Å². The van der Waals surface area contributed by atoms with Gasteiger partial charge in [-0.2, -0.15) is 0 Å². The highest BCUT2D eigenvalue weighted by Crippen LogP contribution is 2.17. The van der Waals surface area contributed by atoms with E-state index in [0.717, 1.165) is 11.1 Å². The van der Waals surface area contributed by atoms with E-state index in [0.29, 0.717) is 18.2 Å². The van der Waals surface area contributed by atoms with Gasteiger partial charge in [0, 0.05) is 18.2 Å². The summed E-state index contributed by atoms with van der Waals surface area (Å²) in [5.41, 5.74) is 9.23. The molecule has 2 rings (SSSR count). The van der Waals surface area contributed by atoms with E-state index >= 15 is 0 Å². The molecular weight excluding hydrogens is 264 g/mol. The maximum absolute atomic E-state index is 11.9. The van der Waals surface area contributed by atoms with Gasteiger partial charge in [-0.05, 0) is 30.0 Å². The van der Waals surface area contributed by atoms with E-state index in [9.17, 15) is 4.79 Å². The molecule has 112 valence electrons. The summed E-state index contributed by atoms with van der Waals surface area (Å²) in [6, 6.07) is 9.73. The Morgan fingerprint density at radius 2 is 1.81 bits per heavy atom. The number of benzene rings is 1. The van der Waals surface area contributed by atoms with Gasteiger partial charge in [0.25, 0.3) is 5.91 Å². The smallest absolute Gasteiger partial charge is 0.287 e. The summed E-state index contributed by atoms with van der Waals surface area (Å²) >= 11 is 0. The normalized spacial score (nSPS) is 12.4. The molecule has 1 aromatic heterocycles. The third kappa shape index (κ3) is 3.73. The van der Waals surface area contributed by atoms with Gasteiger partial charge in [0.15, 0.2) is 5.76 Å². The van der Waals surface area contributed by atoms with Crippen molar-refractivity contribution in [2.75, 3.05) is 6.54 Å². The Hall–Kier alpha value is -2.07. The molecule has 0 fully saturated rings. The van der Waals surface area contributed by atoms with Crippen molar-refractivity contribution < 1.29 is 9.21 Å². The van der Waals surface area contributed by atoms with Crippen molar-refractivity contribution in [1.29, 1.82) is 0 Å². The lowest BCUT2D eigenvalue weighted by Gasteiger charge is -2.14. The van der Waals surface area contributed by atoms with Gasteiger partial charge in [-0.3, -0.25) is 4.79 Å². The molecule has 3 N–H and O–H groups in total. The third-order valence-electron chi connectivity index (χ3n) is 3.58. The Bertz CT molecular complexity index is 600. The molecular formula is C17H22N2O2. The molecule has 0 spiro atoms. The van der Waals surface area contributed by atoms with Crippen LogP contribution in [0.15, 0.2) is 41.0 Å². The van der Waals surface area contributed by atoms with E-state index < -0.39 is 0 Å². The highest BCUT2D eigenvalue weighted by Gasteiger charge is 2.14. The fourth-order valence-corrected chi connectivity index (χ4v) is 2.13. The van der Waals surface area contributed by atoms with Crippen LogP contribution in [0.2, 0.25) is 0 Å². The Morgan fingerprint density at radius 3 is 2.33 bits per heavy atom. The molecule has 4 heteroatoms. The number of hydrogen-bond donors (Lipinski definition) is 2. The summed E-state index contributed by atoms with van der Waals surface area (Å²) in [5.74, 6) is 0.612. The second-order valence-electron chi connectivity index (χ2n) is 5.57. The molecule has 2 aromatic rings. The van der Waals surface area contributed by atoms with Crippen LogP contribution in [0, 0.1) is 6.92 Å². The molecule has 1 amide bonds. The van der Waals surface area contributed by atoms with Crippen LogP contribution < -0.4 is 11.1 Å². The predicted molar refractivity (Wildman–Crippen MR) is 83.2 cm³/mol. The van der Waals surface area contributed by atoms with Crippen LogP contribution in [0.4, 0.5) is 0 Å². The maximum Gasteiger partial charge on any atom is 0.287 e.